The number of hydrazine groups is 1. The van der Waals surface area contributed by atoms with Gasteiger partial charge < -0.3 is 10.6 Å². The number of nitrogens with zero attached hydrogens (tertiary/aromatic N) is 2. The number of hydrogen-bond acceptors (Lipinski definition) is 3. The number of rotatable bonds is 4. The summed E-state index contributed by atoms with van der Waals surface area (Å²) in [4.78, 5) is 1.98. The molecule has 6 heteroatoms. The largest absolute Gasteiger partial charge is 0.375 e. The van der Waals surface area contributed by atoms with Crippen molar-refractivity contribution in [3.05, 3.63) is 59.1 Å². The van der Waals surface area contributed by atoms with Crippen LogP contribution in [0, 0.1) is 6.92 Å². The molecule has 0 atom stereocenters. The molecule has 20 heavy (non-hydrogen) atoms. The van der Waals surface area contributed by atoms with E-state index in [4.69, 9.17) is 29.6 Å². The zero-order chi connectivity index (χ0) is 14.5. The van der Waals surface area contributed by atoms with Gasteiger partial charge in [0.15, 0.2) is 5.11 Å². The highest BCUT2D eigenvalue weighted by molar-refractivity contribution is 7.80. The molecule has 0 amide bonds. The average Bonchev–Trinajstić information content (AvgIpc) is 2.39. The first kappa shape index (κ1) is 14.7. The molecule has 0 saturated carbocycles. The Morgan fingerprint density at radius 1 is 1.35 bits per heavy atom. The van der Waals surface area contributed by atoms with Crippen molar-refractivity contribution in [1.29, 1.82) is 0 Å². The fourth-order valence-electron chi connectivity index (χ4n) is 1.97. The third-order valence-electron chi connectivity index (χ3n) is 3.05. The standard InChI is InChI=1S/C14H17ClN4S/c1-11-4-2-3-5-12(11)6-7-18-8-9-19(10-13(18)15)17-14(16)20/h2-5,8-10H,6-7H2,1H3,(H3,16,17,20). The van der Waals surface area contributed by atoms with Crippen LogP contribution in [0.25, 0.3) is 0 Å². The second-order valence-corrected chi connectivity index (χ2v) is 5.33. The molecule has 1 aliphatic rings. The summed E-state index contributed by atoms with van der Waals surface area (Å²) < 4.78 is 0. The van der Waals surface area contributed by atoms with Crippen LogP contribution >= 0.6 is 23.8 Å². The van der Waals surface area contributed by atoms with E-state index in [1.807, 2.05) is 23.4 Å². The minimum Gasteiger partial charge on any atom is -0.375 e. The smallest absolute Gasteiger partial charge is 0.183 e. The number of nitrogens with two attached hydrogens (primary N) is 1. The summed E-state index contributed by atoms with van der Waals surface area (Å²) in [5.74, 6) is 0. The minimum atomic E-state index is 0.198. The van der Waals surface area contributed by atoms with Crippen molar-refractivity contribution in [2.75, 3.05) is 6.54 Å². The van der Waals surface area contributed by atoms with Crippen LogP contribution in [-0.4, -0.2) is 21.6 Å². The Morgan fingerprint density at radius 3 is 2.75 bits per heavy atom. The predicted molar refractivity (Wildman–Crippen MR) is 86.4 cm³/mol. The first-order valence-electron chi connectivity index (χ1n) is 6.27. The van der Waals surface area contributed by atoms with Gasteiger partial charge in [0.2, 0.25) is 0 Å². The van der Waals surface area contributed by atoms with Crippen molar-refractivity contribution >= 4 is 28.9 Å². The predicted octanol–water partition coefficient (Wildman–Crippen LogP) is 2.41. The molecular formula is C14H17ClN4S. The van der Waals surface area contributed by atoms with Gasteiger partial charge in [-0.15, -0.1) is 0 Å². The van der Waals surface area contributed by atoms with Gasteiger partial charge in [-0.05, 0) is 36.7 Å². The first-order valence-corrected chi connectivity index (χ1v) is 7.06. The molecule has 0 fully saturated rings. The molecule has 0 radical (unpaired) electrons. The summed E-state index contributed by atoms with van der Waals surface area (Å²) in [5, 5.41) is 2.45. The zero-order valence-electron chi connectivity index (χ0n) is 11.2. The lowest BCUT2D eigenvalue weighted by atomic mass is 10.1. The topological polar surface area (TPSA) is 44.5 Å². The lowest BCUT2D eigenvalue weighted by Crippen LogP contribution is -2.40. The molecule has 3 N–H and O–H groups in total. The van der Waals surface area contributed by atoms with Crippen LogP contribution < -0.4 is 11.2 Å². The molecule has 1 aliphatic heterocycles. The summed E-state index contributed by atoms with van der Waals surface area (Å²) in [6.45, 7) is 2.93. The molecule has 106 valence electrons. The van der Waals surface area contributed by atoms with Crippen LogP contribution in [0.15, 0.2) is 48.0 Å². The minimum absolute atomic E-state index is 0.198. The van der Waals surface area contributed by atoms with E-state index >= 15 is 0 Å². The van der Waals surface area contributed by atoms with Crippen LogP contribution in [-0.2, 0) is 6.42 Å². The van der Waals surface area contributed by atoms with Gasteiger partial charge >= 0.3 is 0 Å². The molecule has 0 spiro atoms. The molecule has 2 rings (SSSR count). The monoisotopic (exact) mass is 308 g/mol. The van der Waals surface area contributed by atoms with Crippen LogP contribution in [0.2, 0.25) is 0 Å². The summed E-state index contributed by atoms with van der Waals surface area (Å²) in [7, 11) is 0. The highest BCUT2D eigenvalue weighted by Crippen LogP contribution is 2.17. The highest BCUT2D eigenvalue weighted by Gasteiger charge is 2.12. The van der Waals surface area contributed by atoms with Gasteiger partial charge in [-0.1, -0.05) is 35.9 Å². The number of thiocarbonyl (C=S) groups is 1. The maximum absolute atomic E-state index is 6.24. The zero-order valence-corrected chi connectivity index (χ0v) is 12.8. The van der Waals surface area contributed by atoms with Gasteiger partial charge in [0.1, 0.15) is 5.16 Å². The number of benzene rings is 1. The normalized spacial score (nSPS) is 14.2. The molecule has 1 aromatic carbocycles. The van der Waals surface area contributed by atoms with Gasteiger partial charge in [-0.25, -0.2) is 0 Å². The van der Waals surface area contributed by atoms with E-state index in [1.165, 1.54) is 11.1 Å². The van der Waals surface area contributed by atoms with Gasteiger partial charge in [-0.2, -0.15) is 0 Å². The Labute approximate surface area is 129 Å². The van der Waals surface area contributed by atoms with E-state index in [0.29, 0.717) is 5.16 Å². The first-order chi connectivity index (χ1) is 9.56. The van der Waals surface area contributed by atoms with Gasteiger partial charge in [0, 0.05) is 18.9 Å². The molecule has 0 aliphatic carbocycles. The van der Waals surface area contributed by atoms with Crippen molar-refractivity contribution in [2.45, 2.75) is 13.3 Å². The SMILES string of the molecule is Cc1ccccc1CCN1C=CN(NC(N)=S)C=C1Cl. The molecule has 0 bridgehead atoms. The molecule has 0 saturated heterocycles. The summed E-state index contributed by atoms with van der Waals surface area (Å²) >= 11 is 11.0. The van der Waals surface area contributed by atoms with Crippen molar-refractivity contribution in [2.24, 2.45) is 5.73 Å². The number of nitrogens with one attached hydrogen (secondary N) is 1. The summed E-state index contributed by atoms with van der Waals surface area (Å²) in [6, 6.07) is 8.36. The van der Waals surface area contributed by atoms with E-state index in [-0.39, 0.29) is 5.11 Å². The molecule has 1 aromatic rings. The fourth-order valence-corrected chi connectivity index (χ4v) is 2.32. The van der Waals surface area contributed by atoms with Crippen LogP contribution in [0.1, 0.15) is 11.1 Å². The van der Waals surface area contributed by atoms with E-state index in [2.05, 4.69) is 30.5 Å². The van der Waals surface area contributed by atoms with Crippen molar-refractivity contribution in [3.63, 3.8) is 0 Å². The van der Waals surface area contributed by atoms with E-state index in [0.717, 1.165) is 13.0 Å². The highest BCUT2D eigenvalue weighted by atomic mass is 35.5. The fraction of sp³-hybridized carbons (Fsp3) is 0.214. The third kappa shape index (κ3) is 3.88. The van der Waals surface area contributed by atoms with Crippen molar-refractivity contribution in [1.82, 2.24) is 15.3 Å². The number of hydrogen-bond donors (Lipinski definition) is 2. The summed E-state index contributed by atoms with van der Waals surface area (Å²) in [5.41, 5.74) is 10.8. The maximum atomic E-state index is 6.24. The summed E-state index contributed by atoms with van der Waals surface area (Å²) in [6.07, 6.45) is 6.39. The Morgan fingerprint density at radius 2 is 2.10 bits per heavy atom. The Bertz CT molecular complexity index is 556. The molecule has 4 nitrogen and oxygen atoms in total. The van der Waals surface area contributed by atoms with Crippen LogP contribution in [0.5, 0.6) is 0 Å². The lowest BCUT2D eigenvalue weighted by Gasteiger charge is -2.28. The van der Waals surface area contributed by atoms with Crippen molar-refractivity contribution in [3.8, 4) is 0 Å². The van der Waals surface area contributed by atoms with Gasteiger partial charge in [0.25, 0.3) is 0 Å². The van der Waals surface area contributed by atoms with Crippen LogP contribution in [0.4, 0.5) is 0 Å². The van der Waals surface area contributed by atoms with E-state index in [9.17, 15) is 0 Å². The van der Waals surface area contributed by atoms with Gasteiger partial charge in [-0.3, -0.25) is 10.4 Å². The van der Waals surface area contributed by atoms with E-state index in [1.54, 1.807) is 11.2 Å². The molecule has 0 unspecified atom stereocenters. The molecule has 1 heterocycles. The Hall–Kier alpha value is -1.72. The second kappa shape index (κ2) is 6.63. The van der Waals surface area contributed by atoms with Gasteiger partial charge in [0.05, 0.1) is 6.20 Å². The molecular weight excluding hydrogens is 292 g/mol. The Balaban J connectivity index is 1.94. The third-order valence-corrected chi connectivity index (χ3v) is 3.46. The van der Waals surface area contributed by atoms with Crippen molar-refractivity contribution < 1.29 is 0 Å². The maximum Gasteiger partial charge on any atom is 0.183 e. The average molecular weight is 309 g/mol. The van der Waals surface area contributed by atoms with E-state index < -0.39 is 0 Å². The second-order valence-electron chi connectivity index (χ2n) is 4.50. The van der Waals surface area contributed by atoms with Crippen LogP contribution in [0.3, 0.4) is 0 Å². The quantitative estimate of drug-likeness (QED) is 0.660. The lowest BCUT2D eigenvalue weighted by molar-refractivity contribution is 0.388. The molecule has 0 aromatic heterocycles. The number of halogens is 1. The Kier molecular flexibility index (Phi) is 4.87. The number of aryl methyl sites for hydroxylation is 1.